The molecule has 0 aliphatic heterocycles. The first-order valence-corrected chi connectivity index (χ1v) is 13.9. The van der Waals surface area contributed by atoms with Gasteiger partial charge in [0.1, 0.15) is 17.0 Å². The number of benzene rings is 1. The zero-order valence-electron chi connectivity index (χ0n) is 23.4. The number of aryl methyl sites for hydroxylation is 3. The molecule has 212 valence electrons. The molecule has 6 heterocycles. The number of hydrogen-bond acceptors (Lipinski definition) is 7. The SMILES string of the molecule is Cc1cn2cc(C(N)=O)ccc2n1.Nc1ncccc1-c1nc2ccc(-n3cccn3)nc2n1-c1ccc2c(c1)CCC2. The number of hydrogen-bond donors (Lipinski definition) is 2. The van der Waals surface area contributed by atoms with Gasteiger partial charge < -0.3 is 15.9 Å². The average Bonchev–Trinajstić information content (AvgIpc) is 3.82. The lowest BCUT2D eigenvalue weighted by molar-refractivity contribution is 0.1000. The van der Waals surface area contributed by atoms with Gasteiger partial charge in [0.05, 0.1) is 16.8 Å². The molecule has 8 rings (SSSR count). The number of pyridine rings is 3. The third-order valence-electron chi connectivity index (χ3n) is 7.50. The Hall–Kier alpha value is -5.84. The molecule has 0 radical (unpaired) electrons. The van der Waals surface area contributed by atoms with Crippen molar-refractivity contribution in [2.45, 2.75) is 26.2 Å². The van der Waals surface area contributed by atoms with Gasteiger partial charge in [-0.05, 0) is 91.9 Å². The van der Waals surface area contributed by atoms with Crippen LogP contribution in [0.3, 0.4) is 0 Å². The molecule has 0 spiro atoms. The zero-order valence-corrected chi connectivity index (χ0v) is 23.4. The van der Waals surface area contributed by atoms with Gasteiger partial charge in [0.2, 0.25) is 5.91 Å². The predicted octanol–water partition coefficient (Wildman–Crippen LogP) is 4.48. The minimum absolute atomic E-state index is 0.423. The summed E-state index contributed by atoms with van der Waals surface area (Å²) in [4.78, 5) is 29.1. The van der Waals surface area contributed by atoms with E-state index >= 15 is 0 Å². The van der Waals surface area contributed by atoms with Crippen molar-refractivity contribution in [3.63, 3.8) is 0 Å². The van der Waals surface area contributed by atoms with Gasteiger partial charge >= 0.3 is 0 Å². The summed E-state index contributed by atoms with van der Waals surface area (Å²) >= 11 is 0. The van der Waals surface area contributed by atoms with Crippen LogP contribution >= 0.6 is 0 Å². The molecule has 11 nitrogen and oxygen atoms in total. The average molecular weight is 569 g/mol. The van der Waals surface area contributed by atoms with Crippen molar-refractivity contribution in [2.24, 2.45) is 5.73 Å². The molecule has 11 heteroatoms. The monoisotopic (exact) mass is 568 g/mol. The highest BCUT2D eigenvalue weighted by atomic mass is 16.1. The molecule has 0 unspecified atom stereocenters. The Bertz CT molecular complexity index is 2120. The van der Waals surface area contributed by atoms with E-state index in [-0.39, 0.29) is 0 Å². The number of rotatable bonds is 4. The second-order valence-corrected chi connectivity index (χ2v) is 10.4. The Morgan fingerprint density at radius 1 is 0.907 bits per heavy atom. The Morgan fingerprint density at radius 3 is 2.60 bits per heavy atom. The summed E-state index contributed by atoms with van der Waals surface area (Å²) in [5, 5.41) is 4.32. The molecule has 1 aliphatic carbocycles. The van der Waals surface area contributed by atoms with Gasteiger partial charge in [-0.25, -0.2) is 24.6 Å². The lowest BCUT2D eigenvalue weighted by atomic mass is 10.1. The standard InChI is InChI=1S/C23H19N7.C9H9N3O/c24-21-18(6-2-11-25-21)22-27-19-9-10-20(29-13-3-12-26-29)28-23(19)30(22)17-8-7-15-4-1-5-16(15)14-17;1-6-4-12-5-7(9(10)13)2-3-8(12)11-6/h2-3,6-14H,1,4-5H2,(H2,24,25);2-5H,1H3,(H2,10,13). The van der Waals surface area contributed by atoms with Gasteiger partial charge in [-0.1, -0.05) is 6.07 Å². The highest BCUT2D eigenvalue weighted by Crippen LogP contribution is 2.32. The second-order valence-electron chi connectivity index (χ2n) is 10.4. The fourth-order valence-corrected chi connectivity index (χ4v) is 5.47. The number of carbonyl (C=O) groups is 1. The van der Waals surface area contributed by atoms with Gasteiger partial charge in [-0.3, -0.25) is 9.36 Å². The Kier molecular flexibility index (Phi) is 6.39. The molecule has 0 saturated heterocycles. The predicted molar refractivity (Wildman–Crippen MR) is 164 cm³/mol. The first-order valence-electron chi connectivity index (χ1n) is 13.9. The van der Waals surface area contributed by atoms with Crippen LogP contribution in [0.1, 0.15) is 33.6 Å². The molecule has 1 aromatic carbocycles. The molecular formula is C32H28N10O. The van der Waals surface area contributed by atoms with Crippen LogP contribution in [-0.2, 0) is 12.8 Å². The number of nitrogens with two attached hydrogens (primary N) is 2. The van der Waals surface area contributed by atoms with E-state index < -0.39 is 5.91 Å². The molecule has 0 bridgehead atoms. The molecule has 0 atom stereocenters. The smallest absolute Gasteiger partial charge is 0.250 e. The van der Waals surface area contributed by atoms with E-state index in [4.69, 9.17) is 21.4 Å². The van der Waals surface area contributed by atoms with E-state index in [2.05, 4.69) is 37.8 Å². The van der Waals surface area contributed by atoms with Crippen LogP contribution < -0.4 is 11.5 Å². The largest absolute Gasteiger partial charge is 0.383 e. The fourth-order valence-electron chi connectivity index (χ4n) is 5.47. The van der Waals surface area contributed by atoms with Crippen molar-refractivity contribution < 1.29 is 4.79 Å². The van der Waals surface area contributed by atoms with Crippen molar-refractivity contribution in [1.29, 1.82) is 0 Å². The molecule has 0 saturated carbocycles. The van der Waals surface area contributed by atoms with Crippen LogP contribution in [0.25, 0.3) is 39.7 Å². The highest BCUT2D eigenvalue weighted by Gasteiger charge is 2.20. The summed E-state index contributed by atoms with van der Waals surface area (Å²) < 4.78 is 5.61. The molecule has 1 amide bonds. The van der Waals surface area contributed by atoms with Crippen molar-refractivity contribution in [3.8, 4) is 22.9 Å². The van der Waals surface area contributed by atoms with E-state index in [9.17, 15) is 4.79 Å². The van der Waals surface area contributed by atoms with Gasteiger partial charge in [-0.15, -0.1) is 0 Å². The minimum atomic E-state index is -0.423. The summed E-state index contributed by atoms with van der Waals surface area (Å²) in [6.45, 7) is 1.90. The number of fused-ring (bicyclic) bond motifs is 3. The van der Waals surface area contributed by atoms with Gasteiger partial charge in [0.25, 0.3) is 0 Å². The third-order valence-corrected chi connectivity index (χ3v) is 7.50. The second kappa shape index (κ2) is 10.5. The van der Waals surface area contributed by atoms with Crippen LogP contribution in [0.4, 0.5) is 5.82 Å². The normalized spacial score (nSPS) is 12.3. The van der Waals surface area contributed by atoms with E-state index in [1.54, 1.807) is 39.8 Å². The van der Waals surface area contributed by atoms with E-state index in [0.717, 1.165) is 58.2 Å². The lowest BCUT2D eigenvalue weighted by Gasteiger charge is -2.12. The summed E-state index contributed by atoms with van der Waals surface area (Å²) in [5.74, 6) is 1.50. The minimum Gasteiger partial charge on any atom is -0.383 e. The van der Waals surface area contributed by atoms with E-state index in [0.29, 0.717) is 11.4 Å². The van der Waals surface area contributed by atoms with Crippen LogP contribution in [0.15, 0.2) is 91.6 Å². The fraction of sp³-hybridized carbons (Fsp3) is 0.125. The van der Waals surface area contributed by atoms with E-state index in [1.165, 1.54) is 17.5 Å². The number of carbonyl (C=O) groups excluding carboxylic acids is 1. The molecule has 6 aromatic heterocycles. The Morgan fingerprint density at radius 2 is 1.79 bits per heavy atom. The molecule has 0 fully saturated rings. The van der Waals surface area contributed by atoms with Crippen molar-refractivity contribution in [3.05, 3.63) is 114 Å². The lowest BCUT2D eigenvalue weighted by Crippen LogP contribution is -2.11. The van der Waals surface area contributed by atoms with Crippen LogP contribution in [0.5, 0.6) is 0 Å². The number of aromatic nitrogens is 8. The number of nitrogen functional groups attached to an aromatic ring is 1. The number of primary amides is 1. The number of imidazole rings is 2. The topological polar surface area (TPSA) is 148 Å². The number of anilines is 1. The summed E-state index contributed by atoms with van der Waals surface area (Å²) in [6, 6.07) is 19.7. The molecular weight excluding hydrogens is 540 g/mol. The number of amides is 1. The first-order chi connectivity index (χ1) is 20.9. The zero-order chi connectivity index (χ0) is 29.5. The third kappa shape index (κ3) is 4.86. The van der Waals surface area contributed by atoms with E-state index in [1.807, 2.05) is 49.6 Å². The van der Waals surface area contributed by atoms with Crippen molar-refractivity contribution in [1.82, 2.24) is 38.7 Å². The van der Waals surface area contributed by atoms with Gasteiger partial charge in [0, 0.05) is 36.7 Å². The maximum Gasteiger partial charge on any atom is 0.250 e. The summed E-state index contributed by atoms with van der Waals surface area (Å²) in [7, 11) is 0. The van der Waals surface area contributed by atoms with Crippen molar-refractivity contribution in [2.75, 3.05) is 5.73 Å². The van der Waals surface area contributed by atoms with Gasteiger partial charge in [-0.2, -0.15) is 5.10 Å². The van der Waals surface area contributed by atoms with Crippen LogP contribution in [-0.4, -0.2) is 44.6 Å². The molecule has 1 aliphatic rings. The Labute approximate surface area is 246 Å². The Balaban J connectivity index is 0.000000193. The summed E-state index contributed by atoms with van der Waals surface area (Å²) in [6.07, 6.45) is 12.3. The number of nitrogens with zero attached hydrogens (tertiary/aromatic N) is 8. The first kappa shape index (κ1) is 26.1. The maximum atomic E-state index is 10.8. The molecule has 43 heavy (non-hydrogen) atoms. The summed E-state index contributed by atoms with van der Waals surface area (Å²) in [5.41, 5.74) is 19.8. The maximum absolute atomic E-state index is 10.8. The molecule has 7 aromatic rings. The van der Waals surface area contributed by atoms with Gasteiger partial charge in [0.15, 0.2) is 17.3 Å². The van der Waals surface area contributed by atoms with Crippen LogP contribution in [0, 0.1) is 6.92 Å². The highest BCUT2D eigenvalue weighted by molar-refractivity contribution is 5.92. The molecule has 4 N–H and O–H groups in total. The van der Waals surface area contributed by atoms with Crippen molar-refractivity contribution >= 4 is 28.5 Å². The van der Waals surface area contributed by atoms with Crippen LogP contribution in [0.2, 0.25) is 0 Å². The quantitative estimate of drug-likeness (QED) is 0.318.